The van der Waals surface area contributed by atoms with Crippen LogP contribution in [0.25, 0.3) is 0 Å². The lowest BCUT2D eigenvalue weighted by molar-refractivity contribution is 0.204. The molecule has 2 amide bonds. The van der Waals surface area contributed by atoms with Crippen molar-refractivity contribution in [2.24, 2.45) is 0 Å². The number of aliphatic hydroxyl groups is 1. The summed E-state index contributed by atoms with van der Waals surface area (Å²) in [5.74, 6) is 0. The van der Waals surface area contributed by atoms with Crippen LogP contribution in [0.15, 0.2) is 24.3 Å². The highest BCUT2D eigenvalue weighted by Crippen LogP contribution is 2.27. The summed E-state index contributed by atoms with van der Waals surface area (Å²) >= 11 is 0. The number of carbonyl (C=O) groups is 1. The van der Waals surface area contributed by atoms with Crippen LogP contribution in [0.1, 0.15) is 31.2 Å². The van der Waals surface area contributed by atoms with Crippen LogP contribution in [-0.4, -0.2) is 35.2 Å². The van der Waals surface area contributed by atoms with Crippen LogP contribution in [0, 0.1) is 6.92 Å². The SMILES string of the molecule is Cc1cccc(NC(=O)N(CCCCO)C2CC2)c1. The van der Waals surface area contributed by atoms with Gasteiger partial charge in [0.05, 0.1) is 0 Å². The lowest BCUT2D eigenvalue weighted by atomic mass is 10.2. The maximum absolute atomic E-state index is 12.3. The third kappa shape index (κ3) is 4.24. The summed E-state index contributed by atoms with van der Waals surface area (Å²) in [4.78, 5) is 14.2. The molecule has 0 atom stereocenters. The maximum atomic E-state index is 12.3. The highest BCUT2D eigenvalue weighted by atomic mass is 16.3. The molecule has 0 unspecified atom stereocenters. The first kappa shape index (κ1) is 13.9. The van der Waals surface area contributed by atoms with E-state index in [2.05, 4.69) is 5.32 Å². The van der Waals surface area contributed by atoms with Gasteiger partial charge in [0, 0.05) is 24.9 Å². The quantitative estimate of drug-likeness (QED) is 0.774. The number of carbonyl (C=O) groups excluding carboxylic acids is 1. The second-order valence-electron chi connectivity index (χ2n) is 5.15. The second kappa shape index (κ2) is 6.57. The van der Waals surface area contributed by atoms with E-state index in [1.165, 1.54) is 0 Å². The summed E-state index contributed by atoms with van der Waals surface area (Å²) in [6.07, 6.45) is 3.80. The summed E-state index contributed by atoms with van der Waals surface area (Å²) in [6.45, 7) is 2.93. The van der Waals surface area contributed by atoms with E-state index in [1.54, 1.807) is 0 Å². The minimum absolute atomic E-state index is 0.0222. The second-order valence-corrected chi connectivity index (χ2v) is 5.15. The average molecular weight is 262 g/mol. The van der Waals surface area contributed by atoms with Gasteiger partial charge in [0.15, 0.2) is 0 Å². The molecule has 1 aliphatic carbocycles. The van der Waals surface area contributed by atoms with E-state index in [-0.39, 0.29) is 12.6 Å². The molecule has 4 nitrogen and oxygen atoms in total. The lowest BCUT2D eigenvalue weighted by Gasteiger charge is -2.22. The molecule has 104 valence electrons. The smallest absolute Gasteiger partial charge is 0.322 e. The first-order valence-electron chi connectivity index (χ1n) is 6.96. The highest BCUT2D eigenvalue weighted by Gasteiger charge is 2.32. The van der Waals surface area contributed by atoms with Crippen LogP contribution < -0.4 is 5.32 Å². The molecule has 0 aliphatic heterocycles. The molecule has 1 saturated carbocycles. The van der Waals surface area contributed by atoms with Crippen LogP contribution in [0.5, 0.6) is 0 Å². The van der Waals surface area contributed by atoms with Gasteiger partial charge in [0.1, 0.15) is 0 Å². The fourth-order valence-electron chi connectivity index (χ4n) is 2.15. The van der Waals surface area contributed by atoms with Crippen molar-refractivity contribution in [2.75, 3.05) is 18.5 Å². The molecular formula is C15H22N2O2. The fraction of sp³-hybridized carbons (Fsp3) is 0.533. The molecule has 2 N–H and O–H groups in total. The predicted molar refractivity (Wildman–Crippen MR) is 76.2 cm³/mol. The number of rotatable bonds is 6. The third-order valence-corrected chi connectivity index (χ3v) is 3.32. The number of aryl methyl sites for hydroxylation is 1. The molecule has 1 aliphatic rings. The first-order valence-corrected chi connectivity index (χ1v) is 6.96. The molecule has 2 rings (SSSR count). The number of aliphatic hydroxyl groups excluding tert-OH is 1. The molecule has 0 spiro atoms. The Morgan fingerprint density at radius 1 is 1.42 bits per heavy atom. The minimum atomic E-state index is -0.0222. The number of amides is 2. The van der Waals surface area contributed by atoms with Gasteiger partial charge in [-0.1, -0.05) is 12.1 Å². The Morgan fingerprint density at radius 3 is 2.84 bits per heavy atom. The van der Waals surface area contributed by atoms with E-state index < -0.39 is 0 Å². The number of anilines is 1. The van der Waals surface area contributed by atoms with Gasteiger partial charge in [-0.2, -0.15) is 0 Å². The van der Waals surface area contributed by atoms with Crippen molar-refractivity contribution in [3.05, 3.63) is 29.8 Å². The van der Waals surface area contributed by atoms with Crippen LogP contribution >= 0.6 is 0 Å². The number of benzene rings is 1. The molecule has 1 aromatic rings. The molecular weight excluding hydrogens is 240 g/mol. The Kier molecular flexibility index (Phi) is 4.80. The fourth-order valence-corrected chi connectivity index (χ4v) is 2.15. The molecule has 1 fully saturated rings. The number of nitrogens with one attached hydrogen (secondary N) is 1. The maximum Gasteiger partial charge on any atom is 0.322 e. The Bertz CT molecular complexity index is 430. The van der Waals surface area contributed by atoms with Gasteiger partial charge in [0.25, 0.3) is 0 Å². The zero-order chi connectivity index (χ0) is 13.7. The minimum Gasteiger partial charge on any atom is -0.396 e. The van der Waals surface area contributed by atoms with E-state index >= 15 is 0 Å². The molecule has 0 heterocycles. The lowest BCUT2D eigenvalue weighted by Crippen LogP contribution is -2.37. The van der Waals surface area contributed by atoms with E-state index in [0.717, 1.165) is 43.5 Å². The van der Waals surface area contributed by atoms with Gasteiger partial charge in [0.2, 0.25) is 0 Å². The van der Waals surface area contributed by atoms with Crippen molar-refractivity contribution in [1.29, 1.82) is 0 Å². The topological polar surface area (TPSA) is 52.6 Å². The van der Waals surface area contributed by atoms with Crippen LogP contribution in [0.3, 0.4) is 0 Å². The largest absolute Gasteiger partial charge is 0.396 e. The van der Waals surface area contributed by atoms with Crippen LogP contribution in [0.2, 0.25) is 0 Å². The van der Waals surface area contributed by atoms with Crippen molar-refractivity contribution >= 4 is 11.7 Å². The number of hydrogen-bond donors (Lipinski definition) is 2. The summed E-state index contributed by atoms with van der Waals surface area (Å²) in [6, 6.07) is 8.20. The monoisotopic (exact) mass is 262 g/mol. The summed E-state index contributed by atoms with van der Waals surface area (Å²) in [5.41, 5.74) is 1.98. The number of urea groups is 1. The van der Waals surface area contributed by atoms with Gasteiger partial charge in [-0.3, -0.25) is 0 Å². The van der Waals surface area contributed by atoms with Crippen molar-refractivity contribution in [3.63, 3.8) is 0 Å². The van der Waals surface area contributed by atoms with E-state index in [9.17, 15) is 4.79 Å². The number of nitrogens with zero attached hydrogens (tertiary/aromatic N) is 1. The zero-order valence-electron chi connectivity index (χ0n) is 11.4. The number of hydrogen-bond acceptors (Lipinski definition) is 2. The molecule has 19 heavy (non-hydrogen) atoms. The molecule has 0 radical (unpaired) electrons. The standard InChI is InChI=1S/C15H22N2O2/c1-12-5-4-6-13(11-12)16-15(19)17(14-7-8-14)9-2-3-10-18/h4-6,11,14,18H,2-3,7-10H2,1H3,(H,16,19). The Morgan fingerprint density at radius 2 is 2.21 bits per heavy atom. The summed E-state index contributed by atoms with van der Waals surface area (Å²) < 4.78 is 0. The van der Waals surface area contributed by atoms with Crippen molar-refractivity contribution in [1.82, 2.24) is 4.90 Å². The van der Waals surface area contributed by atoms with Crippen molar-refractivity contribution in [3.8, 4) is 0 Å². The summed E-state index contributed by atoms with van der Waals surface area (Å²) in [5, 5.41) is 11.8. The van der Waals surface area contributed by atoms with Gasteiger partial charge in [-0.05, 0) is 50.3 Å². The van der Waals surface area contributed by atoms with Crippen LogP contribution in [-0.2, 0) is 0 Å². The predicted octanol–water partition coefficient (Wildman–Crippen LogP) is 2.76. The van der Waals surface area contributed by atoms with Gasteiger partial charge < -0.3 is 15.3 Å². The Hall–Kier alpha value is -1.55. The molecule has 0 saturated heterocycles. The van der Waals surface area contributed by atoms with Crippen LogP contribution in [0.4, 0.5) is 10.5 Å². The van der Waals surface area contributed by atoms with Gasteiger partial charge in [-0.15, -0.1) is 0 Å². The number of unbranched alkanes of at least 4 members (excludes halogenated alkanes) is 1. The third-order valence-electron chi connectivity index (χ3n) is 3.32. The van der Waals surface area contributed by atoms with Gasteiger partial charge >= 0.3 is 6.03 Å². The van der Waals surface area contributed by atoms with E-state index in [4.69, 9.17) is 5.11 Å². The zero-order valence-corrected chi connectivity index (χ0v) is 11.4. The Balaban J connectivity index is 1.91. The van der Waals surface area contributed by atoms with E-state index in [1.807, 2.05) is 36.1 Å². The average Bonchev–Trinajstić information content (AvgIpc) is 3.19. The van der Waals surface area contributed by atoms with Crippen molar-refractivity contribution in [2.45, 2.75) is 38.6 Å². The van der Waals surface area contributed by atoms with Gasteiger partial charge in [-0.25, -0.2) is 4.79 Å². The van der Waals surface area contributed by atoms with Crippen molar-refractivity contribution < 1.29 is 9.90 Å². The molecule has 4 heteroatoms. The molecule has 1 aromatic carbocycles. The molecule has 0 aromatic heterocycles. The normalized spacial score (nSPS) is 14.2. The Labute approximate surface area is 114 Å². The molecule has 0 bridgehead atoms. The van der Waals surface area contributed by atoms with E-state index in [0.29, 0.717) is 6.04 Å². The first-order chi connectivity index (χ1) is 9.20. The summed E-state index contributed by atoms with van der Waals surface area (Å²) in [7, 11) is 0. The highest BCUT2D eigenvalue weighted by molar-refractivity contribution is 5.89.